The van der Waals surface area contributed by atoms with Crippen molar-refractivity contribution >= 4 is 60.1 Å². The maximum absolute atomic E-state index is 12.9. The molecule has 37 heavy (non-hydrogen) atoms. The number of ether oxygens (including phenoxy) is 1. The third-order valence-corrected chi connectivity index (χ3v) is 7.30. The van der Waals surface area contributed by atoms with Gasteiger partial charge in [-0.15, -0.1) is 0 Å². The molecule has 2 heterocycles. The Hall–Kier alpha value is -3.23. The second-order valence-electron chi connectivity index (χ2n) is 7.59. The predicted molar refractivity (Wildman–Crippen MR) is 134 cm³/mol. The van der Waals surface area contributed by atoms with Crippen LogP contribution in [0.25, 0.3) is 22.3 Å². The van der Waals surface area contributed by atoms with Crippen LogP contribution in [0.1, 0.15) is 23.0 Å². The first-order chi connectivity index (χ1) is 17.3. The molecule has 0 bridgehead atoms. The lowest BCUT2D eigenvalue weighted by atomic mass is 10.1. The quantitative estimate of drug-likeness (QED) is 0.267. The molecule has 0 aliphatic heterocycles. The second kappa shape index (κ2) is 9.91. The van der Waals surface area contributed by atoms with Crippen molar-refractivity contribution in [2.75, 3.05) is 11.3 Å². The number of para-hydroxylation sites is 1. The summed E-state index contributed by atoms with van der Waals surface area (Å²) >= 11 is 9.48. The number of carbonyl (C=O) groups excluding carboxylic acids is 1. The Kier molecular flexibility index (Phi) is 7.18. The highest BCUT2D eigenvalue weighted by Crippen LogP contribution is 2.42. The van der Waals surface area contributed by atoms with Crippen LogP contribution in [0.4, 0.5) is 18.9 Å². The minimum absolute atomic E-state index is 0.0389. The van der Waals surface area contributed by atoms with E-state index in [4.69, 9.17) is 26.5 Å². The van der Waals surface area contributed by atoms with Crippen molar-refractivity contribution in [1.29, 1.82) is 0 Å². The standard InChI is InChI=1S/C22H17BrClF3N4O5S/c1-2-35-21-29-19(24)17(20(28)32)31(21)10-11-7-8-15-13(9-11)16(23)18(36-15)12-5-3-4-6-14(12)30-37(33,34)22(25,26)27/h3-9,30H,2,10H2,1H3,(H2,28,32). The molecule has 15 heteroatoms. The number of carbonyl (C=O) groups is 1. The smallest absolute Gasteiger partial charge is 0.465 e. The van der Waals surface area contributed by atoms with Crippen LogP contribution in [-0.4, -0.2) is 36.0 Å². The van der Waals surface area contributed by atoms with Crippen molar-refractivity contribution in [2.45, 2.75) is 19.0 Å². The fourth-order valence-corrected chi connectivity index (χ4v) is 5.02. The number of nitrogens with one attached hydrogen (secondary N) is 1. The molecule has 0 unspecified atom stereocenters. The number of benzene rings is 2. The van der Waals surface area contributed by atoms with Crippen molar-refractivity contribution in [3.63, 3.8) is 0 Å². The van der Waals surface area contributed by atoms with Crippen molar-refractivity contribution in [1.82, 2.24) is 9.55 Å². The van der Waals surface area contributed by atoms with Gasteiger partial charge in [0.2, 0.25) is 0 Å². The number of anilines is 1. The molecule has 2 aromatic heterocycles. The monoisotopic (exact) mass is 620 g/mol. The third-order valence-electron chi connectivity index (χ3n) is 5.15. The van der Waals surface area contributed by atoms with Gasteiger partial charge in [0.1, 0.15) is 11.3 Å². The molecule has 9 nitrogen and oxygen atoms in total. The number of halogens is 5. The van der Waals surface area contributed by atoms with Crippen molar-refractivity contribution < 1.29 is 35.5 Å². The summed E-state index contributed by atoms with van der Waals surface area (Å²) in [5.74, 6) is -0.694. The molecule has 2 aromatic carbocycles. The molecule has 0 saturated carbocycles. The Morgan fingerprint density at radius 2 is 1.97 bits per heavy atom. The number of hydrogen-bond acceptors (Lipinski definition) is 6. The predicted octanol–water partition coefficient (Wildman–Crippen LogP) is 5.52. The number of imidazole rings is 1. The van der Waals surface area contributed by atoms with E-state index < -0.39 is 21.4 Å². The van der Waals surface area contributed by atoms with E-state index in [9.17, 15) is 26.4 Å². The maximum atomic E-state index is 12.9. The molecule has 0 spiro atoms. The van der Waals surface area contributed by atoms with Crippen LogP contribution >= 0.6 is 27.5 Å². The Labute approximate surface area is 221 Å². The summed E-state index contributed by atoms with van der Waals surface area (Å²) in [4.78, 5) is 16.0. The highest BCUT2D eigenvalue weighted by molar-refractivity contribution is 9.10. The minimum atomic E-state index is -5.66. The topological polar surface area (TPSA) is 129 Å². The number of aromatic nitrogens is 2. The summed E-state index contributed by atoms with van der Waals surface area (Å²) in [5.41, 5.74) is 0.707. The van der Waals surface area contributed by atoms with Crippen LogP contribution in [-0.2, 0) is 16.6 Å². The van der Waals surface area contributed by atoms with Crippen LogP contribution in [0.15, 0.2) is 51.4 Å². The Bertz CT molecular complexity index is 1620. The first kappa shape index (κ1) is 26.8. The molecular formula is C22H17BrClF3N4O5S. The SMILES string of the molecule is CCOc1nc(Cl)c(C(N)=O)n1Cc1ccc2oc(-c3ccccc3NS(=O)(=O)C(F)(F)F)c(Br)c2c1. The zero-order valence-corrected chi connectivity index (χ0v) is 21.9. The van der Waals surface area contributed by atoms with Gasteiger partial charge in [0.25, 0.3) is 11.9 Å². The number of fused-ring (bicyclic) bond motifs is 1. The van der Waals surface area contributed by atoms with Gasteiger partial charge in [-0.2, -0.15) is 26.6 Å². The molecule has 0 atom stereocenters. The summed E-state index contributed by atoms with van der Waals surface area (Å²) in [5, 5.41) is 0.424. The van der Waals surface area contributed by atoms with Gasteiger partial charge < -0.3 is 14.9 Å². The maximum Gasteiger partial charge on any atom is 0.516 e. The van der Waals surface area contributed by atoms with Gasteiger partial charge in [0.15, 0.2) is 10.9 Å². The third kappa shape index (κ3) is 5.13. The summed E-state index contributed by atoms with van der Waals surface area (Å²) < 4.78 is 76.9. The number of rotatable bonds is 8. The van der Waals surface area contributed by atoms with E-state index in [1.54, 1.807) is 29.8 Å². The number of amides is 1. The zero-order chi connectivity index (χ0) is 27.1. The average molecular weight is 622 g/mol. The van der Waals surface area contributed by atoms with Crippen LogP contribution in [0.3, 0.4) is 0 Å². The first-order valence-electron chi connectivity index (χ1n) is 10.4. The van der Waals surface area contributed by atoms with Crippen LogP contribution in [0, 0.1) is 0 Å². The van der Waals surface area contributed by atoms with Gasteiger partial charge in [-0.05, 0) is 52.7 Å². The fraction of sp³-hybridized carbons (Fsp3) is 0.182. The van der Waals surface area contributed by atoms with Gasteiger partial charge in [-0.25, -0.2) is 0 Å². The summed E-state index contributed by atoms with van der Waals surface area (Å²) in [6.07, 6.45) is 0. The molecule has 0 aliphatic carbocycles. The lowest BCUT2D eigenvalue weighted by molar-refractivity contribution is -0.0429. The van der Waals surface area contributed by atoms with E-state index >= 15 is 0 Å². The second-order valence-corrected chi connectivity index (χ2v) is 10.4. The number of furan rings is 1. The van der Waals surface area contributed by atoms with E-state index in [1.807, 2.05) is 0 Å². The number of nitrogens with zero attached hydrogens (tertiary/aromatic N) is 2. The largest absolute Gasteiger partial charge is 0.516 e. The summed E-state index contributed by atoms with van der Waals surface area (Å²) in [6.45, 7) is 2.09. The lowest BCUT2D eigenvalue weighted by Crippen LogP contribution is -2.30. The molecule has 0 radical (unpaired) electrons. The number of nitrogens with two attached hydrogens (primary N) is 1. The zero-order valence-electron chi connectivity index (χ0n) is 18.8. The van der Waals surface area contributed by atoms with E-state index in [2.05, 4.69) is 20.9 Å². The highest BCUT2D eigenvalue weighted by Gasteiger charge is 2.46. The van der Waals surface area contributed by atoms with Gasteiger partial charge >= 0.3 is 15.5 Å². The minimum Gasteiger partial charge on any atom is -0.465 e. The number of alkyl halides is 3. The van der Waals surface area contributed by atoms with E-state index in [-0.39, 0.29) is 47.0 Å². The van der Waals surface area contributed by atoms with Gasteiger partial charge in [-0.1, -0.05) is 29.8 Å². The van der Waals surface area contributed by atoms with Crippen LogP contribution in [0.2, 0.25) is 5.15 Å². The van der Waals surface area contributed by atoms with Crippen molar-refractivity contribution in [3.8, 4) is 17.3 Å². The molecule has 196 valence electrons. The van der Waals surface area contributed by atoms with E-state index in [0.29, 0.717) is 21.0 Å². The summed E-state index contributed by atoms with van der Waals surface area (Å²) in [7, 11) is -5.66. The van der Waals surface area contributed by atoms with E-state index in [0.717, 1.165) is 0 Å². The molecule has 0 saturated heterocycles. The Morgan fingerprint density at radius 1 is 1.27 bits per heavy atom. The van der Waals surface area contributed by atoms with E-state index in [1.165, 1.54) is 28.8 Å². The van der Waals surface area contributed by atoms with Gasteiger partial charge in [0, 0.05) is 10.9 Å². The molecule has 4 aromatic rings. The highest BCUT2D eigenvalue weighted by atomic mass is 79.9. The Morgan fingerprint density at radius 3 is 2.62 bits per heavy atom. The van der Waals surface area contributed by atoms with Crippen LogP contribution < -0.4 is 15.2 Å². The molecule has 1 amide bonds. The van der Waals surface area contributed by atoms with Crippen molar-refractivity contribution in [3.05, 3.63) is 63.3 Å². The van der Waals surface area contributed by atoms with Gasteiger partial charge in [-0.3, -0.25) is 14.1 Å². The van der Waals surface area contributed by atoms with Crippen molar-refractivity contribution in [2.24, 2.45) is 5.73 Å². The molecule has 0 aliphatic rings. The van der Waals surface area contributed by atoms with Gasteiger partial charge in [0.05, 0.1) is 23.3 Å². The first-order valence-corrected chi connectivity index (χ1v) is 13.1. The number of hydrogen-bond donors (Lipinski definition) is 2. The molecule has 3 N–H and O–H groups in total. The van der Waals surface area contributed by atoms with Crippen LogP contribution in [0.5, 0.6) is 6.01 Å². The fourth-order valence-electron chi connectivity index (χ4n) is 3.57. The summed E-state index contributed by atoms with van der Waals surface area (Å²) in [6, 6.07) is 10.6. The Balaban J connectivity index is 1.77. The number of sulfonamides is 1. The number of primary amides is 1. The molecule has 4 rings (SSSR count). The lowest BCUT2D eigenvalue weighted by Gasteiger charge is -2.13. The average Bonchev–Trinajstić information content (AvgIpc) is 3.29. The normalized spacial score (nSPS) is 12.2. The molecule has 0 fully saturated rings. The molecular weight excluding hydrogens is 605 g/mol.